The van der Waals surface area contributed by atoms with Crippen LogP contribution in [-0.4, -0.2) is 181 Å². The van der Waals surface area contributed by atoms with Gasteiger partial charge in [0.2, 0.25) is 53.2 Å². The number of amides is 9. The molecule has 9 amide bonds. The van der Waals surface area contributed by atoms with Crippen molar-refractivity contribution in [1.82, 2.24) is 47.5 Å². The number of carbonyl (C=O) groups excluding carboxylic acids is 9. The zero-order chi connectivity index (χ0) is 57.0. The summed E-state index contributed by atoms with van der Waals surface area (Å²) in [6, 6.07) is -0.230. The molecular formula is C48H67N11O17. The van der Waals surface area contributed by atoms with Crippen LogP contribution < -0.4 is 54.0 Å². The van der Waals surface area contributed by atoms with E-state index in [4.69, 9.17) is 11.5 Å². The second-order valence-corrected chi connectivity index (χ2v) is 18.2. The molecule has 1 heterocycles. The number of aliphatic carboxylic acids is 2. The highest BCUT2D eigenvalue weighted by Crippen LogP contribution is 2.20. The van der Waals surface area contributed by atoms with E-state index < -0.39 is 170 Å². The number of nitrogens with two attached hydrogens (primary N) is 2. The first kappa shape index (κ1) is 62.2. The molecule has 0 bridgehead atoms. The van der Waals surface area contributed by atoms with Crippen molar-refractivity contribution >= 4 is 76.0 Å². The van der Waals surface area contributed by atoms with Crippen LogP contribution in [0.15, 0.2) is 60.8 Å². The number of benzene rings is 2. The molecule has 3 rings (SSSR count). The Labute approximate surface area is 434 Å². The Hall–Kier alpha value is -8.05. The molecule has 0 aliphatic rings. The Bertz CT molecular complexity index is 2540. The second kappa shape index (κ2) is 29.7. The van der Waals surface area contributed by atoms with E-state index in [1.807, 2.05) is 0 Å². The third-order valence-electron chi connectivity index (χ3n) is 11.7. The molecule has 0 saturated heterocycles. The summed E-state index contributed by atoms with van der Waals surface area (Å²) in [4.78, 5) is 147. The maximum Gasteiger partial charge on any atom is 0.326 e. The van der Waals surface area contributed by atoms with Crippen molar-refractivity contribution < 1.29 is 83.4 Å². The molecule has 2 aromatic carbocycles. The molecule has 0 spiro atoms. The van der Waals surface area contributed by atoms with Crippen LogP contribution in [0.2, 0.25) is 0 Å². The van der Waals surface area contributed by atoms with Gasteiger partial charge in [-0.05, 0) is 43.4 Å². The number of carboxylic acids is 2. The van der Waals surface area contributed by atoms with Gasteiger partial charge in [0.15, 0.2) is 0 Å². The number of aromatic amines is 1. The first-order chi connectivity index (χ1) is 35.8. The average Bonchev–Trinajstić information content (AvgIpc) is 3.77. The monoisotopic (exact) mass is 1070 g/mol. The normalized spacial score (nSPS) is 15.6. The number of hydrogen-bond donors (Lipinski definition) is 17. The van der Waals surface area contributed by atoms with Crippen molar-refractivity contribution in [3.8, 4) is 0 Å². The minimum absolute atomic E-state index is 0.146. The topological polar surface area (TPSA) is 473 Å². The largest absolute Gasteiger partial charge is 0.481 e. The molecule has 0 aliphatic carbocycles. The van der Waals surface area contributed by atoms with Gasteiger partial charge in [-0.3, -0.25) is 47.9 Å². The van der Waals surface area contributed by atoms with Crippen LogP contribution in [0.4, 0.5) is 0 Å². The summed E-state index contributed by atoms with van der Waals surface area (Å²) in [6.07, 6.45) is -4.07. The fourth-order valence-corrected chi connectivity index (χ4v) is 7.38. The van der Waals surface area contributed by atoms with E-state index in [1.54, 1.807) is 60.8 Å². The summed E-state index contributed by atoms with van der Waals surface area (Å²) in [5.74, 6) is -14.1. The number of rotatable bonds is 31. The fourth-order valence-electron chi connectivity index (χ4n) is 7.38. The summed E-state index contributed by atoms with van der Waals surface area (Å²) in [5, 5.41) is 78.6. The predicted molar refractivity (Wildman–Crippen MR) is 266 cm³/mol. The van der Waals surface area contributed by atoms with Gasteiger partial charge < -0.3 is 89.6 Å². The lowest BCUT2D eigenvalue weighted by Crippen LogP contribution is -2.62. The lowest BCUT2D eigenvalue weighted by Gasteiger charge is -2.28. The maximum atomic E-state index is 14.2. The average molecular weight is 1070 g/mol. The number of hydrogen-bond acceptors (Lipinski definition) is 16. The molecule has 0 saturated carbocycles. The van der Waals surface area contributed by atoms with Gasteiger partial charge in [0.1, 0.15) is 54.4 Å². The Kier molecular flexibility index (Phi) is 24.4. The van der Waals surface area contributed by atoms with Crippen LogP contribution >= 0.6 is 0 Å². The highest BCUT2D eigenvalue weighted by atomic mass is 16.4. The number of carboxylic acid groups (broad SMARTS) is 2. The standard InChI is InChI=1S/C48H67N11O17/c1-22(2)38(46(73)54-30(17-26-19-51-28-13-9-8-12-27(26)28)41(68)57-34(21-61)44(71)55-32(48(75)76)16-25-10-6-5-7-11-25)58-42(69)31(18-36(65)66)53-43(70)33(20-60)56-40(67)29(14-15-35(49)64)52-47(74)39(24(4)63)59-45(72)37(50)23(3)62/h5-13,19,22-24,29-34,37-39,51,60-63H,14-18,20-21,50H2,1-4H3,(H2,49,64)(H,52,74)(H,53,70)(H,54,73)(H,55,71)(H,56,67)(H,57,68)(H,58,69)(H,59,72)(H,65,66)(H,75,76)/t23-,24-,29+,30+,31+,32+,33+,34+,37+,38+,39+/m1/s1. The zero-order valence-corrected chi connectivity index (χ0v) is 42.0. The van der Waals surface area contributed by atoms with E-state index in [-0.39, 0.29) is 12.8 Å². The minimum Gasteiger partial charge on any atom is -0.481 e. The number of aliphatic hydroxyl groups excluding tert-OH is 4. The van der Waals surface area contributed by atoms with Crippen LogP contribution in [0.3, 0.4) is 0 Å². The van der Waals surface area contributed by atoms with Crippen LogP contribution in [0.5, 0.6) is 0 Å². The molecule has 0 aliphatic heterocycles. The first-order valence-electron chi connectivity index (χ1n) is 23.9. The molecule has 28 nitrogen and oxygen atoms in total. The van der Waals surface area contributed by atoms with E-state index in [0.29, 0.717) is 22.0 Å². The third kappa shape index (κ3) is 19.0. The third-order valence-corrected chi connectivity index (χ3v) is 11.7. The number of para-hydroxylation sites is 1. The molecule has 76 heavy (non-hydrogen) atoms. The first-order valence-corrected chi connectivity index (χ1v) is 23.9. The molecule has 11 atom stereocenters. The smallest absolute Gasteiger partial charge is 0.326 e. The Morgan fingerprint density at radius 2 is 1.01 bits per heavy atom. The van der Waals surface area contributed by atoms with Gasteiger partial charge in [0.25, 0.3) is 0 Å². The fraction of sp³-hybridized carbons (Fsp3) is 0.479. The molecule has 1 aromatic heterocycles. The van der Waals surface area contributed by atoms with E-state index in [9.17, 15) is 83.4 Å². The van der Waals surface area contributed by atoms with E-state index in [0.717, 1.165) is 6.92 Å². The van der Waals surface area contributed by atoms with Crippen LogP contribution in [0.1, 0.15) is 58.1 Å². The van der Waals surface area contributed by atoms with E-state index in [2.05, 4.69) is 47.5 Å². The molecule has 0 fully saturated rings. The van der Waals surface area contributed by atoms with Gasteiger partial charge in [0.05, 0.1) is 31.8 Å². The number of H-pyrrole nitrogens is 1. The minimum atomic E-state index is -2.02. The quantitative estimate of drug-likeness (QED) is 0.0286. The Balaban J connectivity index is 1.85. The van der Waals surface area contributed by atoms with Crippen LogP contribution in [0.25, 0.3) is 10.9 Å². The van der Waals surface area contributed by atoms with Crippen molar-refractivity contribution in [2.45, 2.75) is 126 Å². The predicted octanol–water partition coefficient (Wildman–Crippen LogP) is -5.61. The number of aromatic nitrogens is 1. The van der Waals surface area contributed by atoms with Crippen LogP contribution in [0, 0.1) is 5.92 Å². The van der Waals surface area contributed by atoms with Gasteiger partial charge in [-0.1, -0.05) is 62.4 Å². The zero-order valence-electron chi connectivity index (χ0n) is 42.0. The highest BCUT2D eigenvalue weighted by molar-refractivity contribution is 5.99. The van der Waals surface area contributed by atoms with Crippen molar-refractivity contribution in [3.05, 3.63) is 71.9 Å². The summed E-state index contributed by atoms with van der Waals surface area (Å²) < 4.78 is 0. The molecule has 28 heteroatoms. The SMILES string of the molecule is CC(C)[C@H](NC(=O)[C@H](CC(=O)O)NC(=O)[C@H](CO)NC(=O)[C@H](CCC(N)=O)NC(=O)[C@@H](NC(=O)[C@@H](N)[C@@H](C)O)[C@@H](C)O)C(=O)N[C@@H](Cc1c[nH]c2ccccc12)C(=O)N[C@@H](CO)C(=O)N[C@@H](Cc1ccccc1)C(=O)O. The van der Waals surface area contributed by atoms with E-state index >= 15 is 0 Å². The number of carbonyl (C=O) groups is 11. The number of nitrogens with one attached hydrogen (secondary N) is 9. The number of primary amides is 1. The van der Waals surface area contributed by atoms with E-state index in [1.165, 1.54) is 20.8 Å². The summed E-state index contributed by atoms with van der Waals surface area (Å²) in [7, 11) is 0. The molecule has 0 radical (unpaired) electrons. The number of aliphatic hydroxyl groups is 4. The van der Waals surface area contributed by atoms with Gasteiger partial charge in [0, 0.05) is 36.4 Å². The van der Waals surface area contributed by atoms with Gasteiger partial charge >= 0.3 is 11.9 Å². The summed E-state index contributed by atoms with van der Waals surface area (Å²) in [6.45, 7) is 3.01. The Morgan fingerprint density at radius 3 is 1.54 bits per heavy atom. The van der Waals surface area contributed by atoms with Gasteiger partial charge in [-0.15, -0.1) is 0 Å². The van der Waals surface area contributed by atoms with Crippen molar-refractivity contribution in [2.24, 2.45) is 17.4 Å². The Morgan fingerprint density at radius 1 is 0.539 bits per heavy atom. The van der Waals surface area contributed by atoms with Gasteiger partial charge in [-0.2, -0.15) is 0 Å². The highest BCUT2D eigenvalue weighted by Gasteiger charge is 2.37. The molecule has 3 aromatic rings. The lowest BCUT2D eigenvalue weighted by atomic mass is 9.99. The van der Waals surface area contributed by atoms with Crippen molar-refractivity contribution in [2.75, 3.05) is 13.2 Å². The second-order valence-electron chi connectivity index (χ2n) is 18.2. The van der Waals surface area contributed by atoms with Crippen molar-refractivity contribution in [1.29, 1.82) is 0 Å². The maximum absolute atomic E-state index is 14.2. The molecule has 416 valence electrons. The van der Waals surface area contributed by atoms with Crippen LogP contribution in [-0.2, 0) is 65.6 Å². The number of fused-ring (bicyclic) bond motifs is 1. The molecule has 19 N–H and O–H groups in total. The summed E-state index contributed by atoms with van der Waals surface area (Å²) >= 11 is 0. The summed E-state index contributed by atoms with van der Waals surface area (Å²) in [5.41, 5.74) is 12.6. The lowest BCUT2D eigenvalue weighted by molar-refractivity contribution is -0.143. The van der Waals surface area contributed by atoms with Crippen molar-refractivity contribution in [3.63, 3.8) is 0 Å². The van der Waals surface area contributed by atoms with Gasteiger partial charge in [-0.25, -0.2) is 4.79 Å². The molecular weight excluding hydrogens is 1000 g/mol. The molecule has 0 unspecified atom stereocenters.